The number of imide groups is 2. The van der Waals surface area contributed by atoms with Crippen LogP contribution in [0.1, 0.15) is 37.3 Å². The summed E-state index contributed by atoms with van der Waals surface area (Å²) >= 11 is 3.12. The van der Waals surface area contributed by atoms with Gasteiger partial charge in [-0.25, -0.2) is 4.79 Å². The van der Waals surface area contributed by atoms with Crippen LogP contribution in [-0.4, -0.2) is 39.0 Å². The highest BCUT2D eigenvalue weighted by Gasteiger charge is 2.31. The fraction of sp³-hybridized carbons (Fsp3) is 0.280. The Morgan fingerprint density at radius 1 is 0.816 bits per heavy atom. The molecule has 3 aliphatic heterocycles. The molecule has 6 rings (SSSR count). The van der Waals surface area contributed by atoms with Gasteiger partial charge >= 0.3 is 11.7 Å². The van der Waals surface area contributed by atoms with Crippen LogP contribution in [-0.2, 0) is 30.4 Å². The first-order valence-electron chi connectivity index (χ1n) is 11.4. The van der Waals surface area contributed by atoms with E-state index in [1.54, 1.807) is 30.3 Å². The summed E-state index contributed by atoms with van der Waals surface area (Å²) in [6.07, 6.45) is 2.03. The van der Waals surface area contributed by atoms with E-state index in [2.05, 4.69) is 26.6 Å². The summed E-state index contributed by atoms with van der Waals surface area (Å²) in [7, 11) is 0. The number of carbonyl (C=O) groups excluding carboxylic acids is 5. The predicted molar refractivity (Wildman–Crippen MR) is 133 cm³/mol. The van der Waals surface area contributed by atoms with Gasteiger partial charge in [-0.1, -0.05) is 46.3 Å². The Balaban J connectivity index is 0.000000170. The van der Waals surface area contributed by atoms with Crippen molar-refractivity contribution in [2.75, 3.05) is 0 Å². The smallest absolute Gasteiger partial charge is 0.420 e. The van der Waals surface area contributed by atoms with Crippen molar-refractivity contribution in [1.82, 2.24) is 15.2 Å². The van der Waals surface area contributed by atoms with Crippen LogP contribution in [0, 0.1) is 0 Å². The van der Waals surface area contributed by atoms with Gasteiger partial charge in [0, 0.05) is 18.4 Å². The number of fused-ring (bicyclic) bond motifs is 2. The lowest BCUT2D eigenvalue weighted by molar-refractivity contribution is -0.136. The first kappa shape index (κ1) is 29.2. The highest BCUT2D eigenvalue weighted by atomic mass is 127. The Morgan fingerprint density at radius 3 is 2.11 bits per heavy atom. The molecule has 0 aliphatic carbocycles. The van der Waals surface area contributed by atoms with Gasteiger partial charge in [0.1, 0.15) is 11.8 Å². The maximum absolute atomic E-state index is 11.8. The van der Waals surface area contributed by atoms with E-state index in [0.717, 1.165) is 5.56 Å². The molecular weight excluding hydrogens is 677 g/mol. The highest BCUT2D eigenvalue weighted by molar-refractivity contribution is 9.10. The Bertz CT molecular complexity index is 1420. The summed E-state index contributed by atoms with van der Waals surface area (Å²) in [5.41, 5.74) is 2.00. The highest BCUT2D eigenvalue weighted by Crippen LogP contribution is 2.24. The summed E-state index contributed by atoms with van der Waals surface area (Å²) in [5, 5.41) is 4.43. The SMILES string of the molecule is O=C1CCC(Br)C(=O)N1.O=C1CCC(n2c(=O)oc3ccccc32)C(=O)N1.O=C1Cc2ccccc2O1.[I-]. The van der Waals surface area contributed by atoms with Crippen LogP contribution in [0.2, 0.25) is 0 Å². The summed E-state index contributed by atoms with van der Waals surface area (Å²) in [4.78, 5) is 66.3. The van der Waals surface area contributed by atoms with Gasteiger partial charge in [0.05, 0.1) is 16.8 Å². The molecular formula is C25H22BrIN3O8-. The van der Waals surface area contributed by atoms with Gasteiger partial charge in [0.25, 0.3) is 0 Å². The molecule has 0 spiro atoms. The summed E-state index contributed by atoms with van der Waals surface area (Å²) in [6.45, 7) is 0. The van der Waals surface area contributed by atoms with E-state index < -0.39 is 17.7 Å². The van der Waals surface area contributed by atoms with Crippen molar-refractivity contribution in [3.8, 4) is 5.75 Å². The number of amides is 4. The third-order valence-corrected chi connectivity index (χ3v) is 6.62. The zero-order chi connectivity index (χ0) is 26.5. The number of alkyl halides is 1. The van der Waals surface area contributed by atoms with E-state index in [1.807, 2.05) is 18.2 Å². The van der Waals surface area contributed by atoms with Crippen LogP contribution in [0.4, 0.5) is 0 Å². The lowest BCUT2D eigenvalue weighted by Crippen LogP contribution is -3.00. The second kappa shape index (κ2) is 13.0. The maximum atomic E-state index is 11.8. The molecule has 0 bridgehead atoms. The molecule has 38 heavy (non-hydrogen) atoms. The number of ether oxygens (including phenoxy) is 1. The lowest BCUT2D eigenvalue weighted by atomic mass is 10.1. The number of oxazole rings is 1. The number of rotatable bonds is 1. The van der Waals surface area contributed by atoms with Crippen molar-refractivity contribution >= 4 is 56.6 Å². The van der Waals surface area contributed by atoms with E-state index in [0.29, 0.717) is 42.5 Å². The number of aromatic nitrogens is 1. The quantitative estimate of drug-likeness (QED) is 0.107. The maximum Gasteiger partial charge on any atom is 0.420 e. The molecule has 2 N–H and O–H groups in total. The van der Waals surface area contributed by atoms with E-state index in [4.69, 9.17) is 9.15 Å². The molecule has 2 saturated heterocycles. The number of piperidine rings is 2. The molecule has 3 aliphatic rings. The van der Waals surface area contributed by atoms with Gasteiger partial charge in [0.2, 0.25) is 23.6 Å². The van der Waals surface area contributed by atoms with E-state index >= 15 is 0 Å². The number of benzene rings is 2. The topological polar surface area (TPSA) is 154 Å². The third kappa shape index (κ3) is 6.95. The number of carbonyl (C=O) groups is 5. The van der Waals surface area contributed by atoms with Gasteiger partial charge in [-0.05, 0) is 31.0 Å². The number of esters is 1. The van der Waals surface area contributed by atoms with Gasteiger partial charge < -0.3 is 33.1 Å². The first-order chi connectivity index (χ1) is 17.7. The van der Waals surface area contributed by atoms with Crippen LogP contribution >= 0.6 is 15.9 Å². The number of nitrogens with one attached hydrogen (secondary N) is 2. The largest absolute Gasteiger partial charge is 1.00 e. The van der Waals surface area contributed by atoms with Crippen LogP contribution in [0.15, 0.2) is 57.7 Å². The summed E-state index contributed by atoms with van der Waals surface area (Å²) in [5.74, 6) is -1.17. The molecule has 200 valence electrons. The third-order valence-electron chi connectivity index (χ3n) is 5.74. The van der Waals surface area contributed by atoms with Gasteiger partial charge in [0.15, 0.2) is 5.58 Å². The number of halogens is 2. The fourth-order valence-corrected chi connectivity index (χ4v) is 4.28. The van der Waals surface area contributed by atoms with Crippen molar-refractivity contribution in [2.45, 2.75) is 43.0 Å². The van der Waals surface area contributed by atoms with Crippen LogP contribution in [0.25, 0.3) is 11.1 Å². The first-order valence-corrected chi connectivity index (χ1v) is 12.3. The predicted octanol–water partition coefficient (Wildman–Crippen LogP) is -1.09. The zero-order valence-electron chi connectivity index (χ0n) is 19.8. The fourth-order valence-electron chi connectivity index (χ4n) is 3.94. The Labute approximate surface area is 241 Å². The second-order valence-electron chi connectivity index (χ2n) is 8.35. The Hall–Kier alpha value is -3.33. The van der Waals surface area contributed by atoms with E-state index in [1.165, 1.54) is 4.57 Å². The lowest BCUT2D eigenvalue weighted by Gasteiger charge is -2.21. The Morgan fingerprint density at radius 2 is 1.45 bits per heavy atom. The Kier molecular flexibility index (Phi) is 9.96. The molecule has 2 fully saturated rings. The number of hydrogen-bond donors (Lipinski definition) is 2. The number of hydrogen-bond acceptors (Lipinski definition) is 8. The van der Waals surface area contributed by atoms with Crippen molar-refractivity contribution < 1.29 is 57.1 Å². The van der Waals surface area contributed by atoms with Gasteiger partial charge in [-0.15, -0.1) is 0 Å². The standard InChI is InChI=1S/C12H10N2O4.C8H6O2.C5H6BrNO2.HI/c15-10-6-5-8(11(16)13-10)14-7-3-1-2-4-9(7)18-12(14)17;9-8-5-6-3-1-2-4-7(6)10-8;6-3-1-2-4(8)7-5(3)9;/h1-4,8H,5-6H2,(H,13,15,16);1-4H,5H2;3H,1-2H2,(H,7,8,9);1H/p-1. The second-order valence-corrected chi connectivity index (χ2v) is 9.46. The minimum Gasteiger partial charge on any atom is -1.00 e. The van der Waals surface area contributed by atoms with Crippen molar-refractivity contribution in [3.05, 3.63) is 64.6 Å². The molecule has 0 radical (unpaired) electrons. The van der Waals surface area contributed by atoms with Gasteiger partial charge in [-0.2, -0.15) is 0 Å². The van der Waals surface area contributed by atoms with E-state index in [9.17, 15) is 28.8 Å². The molecule has 2 unspecified atom stereocenters. The van der Waals surface area contributed by atoms with Crippen molar-refractivity contribution in [3.63, 3.8) is 0 Å². The molecule has 1 aromatic heterocycles. The molecule has 11 nitrogen and oxygen atoms in total. The molecule has 3 aromatic rings. The number of para-hydroxylation sites is 3. The normalized spacial score (nSPS) is 20.0. The minimum absolute atomic E-state index is 0. The van der Waals surface area contributed by atoms with Gasteiger partial charge in [-0.3, -0.25) is 39.2 Å². The van der Waals surface area contributed by atoms with Crippen LogP contribution in [0.5, 0.6) is 5.75 Å². The number of nitrogens with zero attached hydrogens (tertiary/aromatic N) is 1. The average molecular weight is 699 g/mol. The molecule has 13 heteroatoms. The van der Waals surface area contributed by atoms with Crippen molar-refractivity contribution in [1.29, 1.82) is 0 Å². The minimum atomic E-state index is -0.682. The van der Waals surface area contributed by atoms with Crippen LogP contribution in [0.3, 0.4) is 0 Å². The van der Waals surface area contributed by atoms with E-state index in [-0.39, 0.29) is 58.9 Å². The average Bonchev–Trinajstić information content (AvgIpc) is 3.41. The molecule has 2 atom stereocenters. The molecule has 4 amide bonds. The van der Waals surface area contributed by atoms with Crippen LogP contribution < -0.4 is 45.1 Å². The zero-order valence-corrected chi connectivity index (χ0v) is 23.5. The molecule has 2 aromatic carbocycles. The molecule has 0 saturated carbocycles. The van der Waals surface area contributed by atoms with Crippen molar-refractivity contribution in [2.24, 2.45) is 0 Å². The molecule has 4 heterocycles. The monoisotopic (exact) mass is 698 g/mol. The summed E-state index contributed by atoms with van der Waals surface area (Å²) < 4.78 is 11.2. The summed E-state index contributed by atoms with van der Waals surface area (Å²) in [6, 6.07) is 13.7.